The molecule has 0 bridgehead atoms. The Bertz CT molecular complexity index is 1000. The Morgan fingerprint density at radius 2 is 1.76 bits per heavy atom. The van der Waals surface area contributed by atoms with Crippen LogP contribution in [0, 0.1) is 0 Å². The predicted molar refractivity (Wildman–Crippen MR) is 108 cm³/mol. The van der Waals surface area contributed by atoms with Crippen molar-refractivity contribution >= 4 is 27.5 Å². The van der Waals surface area contributed by atoms with Crippen LogP contribution in [0.5, 0.6) is 5.75 Å². The molecule has 2 amide bonds. The molecule has 8 nitrogen and oxygen atoms in total. The summed E-state index contributed by atoms with van der Waals surface area (Å²) in [6, 6.07) is 12.8. The highest BCUT2D eigenvalue weighted by Gasteiger charge is 2.29. The number of carbonyl (C=O) groups excluding carboxylic acids is 2. The zero-order valence-electron chi connectivity index (χ0n) is 16.0. The van der Waals surface area contributed by atoms with E-state index < -0.39 is 27.9 Å². The van der Waals surface area contributed by atoms with E-state index in [2.05, 4.69) is 5.32 Å². The minimum absolute atomic E-state index is 0.0260. The maximum absolute atomic E-state index is 12.7. The Hall–Kier alpha value is -2.91. The van der Waals surface area contributed by atoms with Crippen molar-refractivity contribution in [2.75, 3.05) is 18.4 Å². The number of primary amides is 1. The van der Waals surface area contributed by atoms with Gasteiger partial charge in [-0.2, -0.15) is 4.31 Å². The molecule has 1 atom stereocenters. The van der Waals surface area contributed by atoms with E-state index in [1.54, 1.807) is 24.3 Å². The second-order valence-electron chi connectivity index (χ2n) is 6.75. The minimum Gasteiger partial charge on any atom is -0.480 e. The van der Waals surface area contributed by atoms with Crippen molar-refractivity contribution in [3.8, 4) is 5.75 Å². The van der Waals surface area contributed by atoms with Crippen LogP contribution in [0.2, 0.25) is 0 Å². The monoisotopic (exact) mass is 417 g/mol. The largest absolute Gasteiger partial charge is 0.480 e. The fourth-order valence-electron chi connectivity index (χ4n) is 3.05. The number of hydrogen-bond acceptors (Lipinski definition) is 5. The van der Waals surface area contributed by atoms with Crippen LogP contribution in [-0.4, -0.2) is 43.7 Å². The van der Waals surface area contributed by atoms with E-state index >= 15 is 0 Å². The molecular weight excluding hydrogens is 394 g/mol. The smallest absolute Gasteiger partial charge is 0.265 e. The molecule has 0 unspecified atom stereocenters. The highest BCUT2D eigenvalue weighted by molar-refractivity contribution is 7.89. The lowest BCUT2D eigenvalue weighted by molar-refractivity contribution is -0.122. The van der Waals surface area contributed by atoms with Crippen LogP contribution >= 0.6 is 0 Å². The molecule has 2 aromatic rings. The lowest BCUT2D eigenvalue weighted by atomic mass is 10.2. The number of ether oxygens (including phenoxy) is 1. The van der Waals surface area contributed by atoms with Crippen LogP contribution in [0.3, 0.4) is 0 Å². The van der Waals surface area contributed by atoms with Crippen LogP contribution in [-0.2, 0) is 14.8 Å². The predicted octanol–water partition coefficient (Wildman–Crippen LogP) is 1.98. The third-order valence-corrected chi connectivity index (χ3v) is 6.53. The summed E-state index contributed by atoms with van der Waals surface area (Å²) in [4.78, 5) is 24.2. The van der Waals surface area contributed by atoms with E-state index in [1.165, 1.54) is 29.4 Å². The molecule has 1 aliphatic rings. The van der Waals surface area contributed by atoms with Gasteiger partial charge < -0.3 is 15.8 Å². The average Bonchev–Trinajstić information content (AvgIpc) is 3.24. The first-order chi connectivity index (χ1) is 13.8. The van der Waals surface area contributed by atoms with Crippen molar-refractivity contribution in [3.05, 3.63) is 54.1 Å². The van der Waals surface area contributed by atoms with Crippen LogP contribution in [0.1, 0.15) is 30.1 Å². The maximum atomic E-state index is 12.7. The van der Waals surface area contributed by atoms with Crippen molar-refractivity contribution in [1.82, 2.24) is 4.31 Å². The first-order valence-corrected chi connectivity index (χ1v) is 10.7. The average molecular weight is 417 g/mol. The van der Waals surface area contributed by atoms with Gasteiger partial charge in [0.2, 0.25) is 10.0 Å². The fraction of sp³-hybridized carbons (Fsp3) is 0.300. The molecule has 0 radical (unpaired) electrons. The van der Waals surface area contributed by atoms with Crippen molar-refractivity contribution in [1.29, 1.82) is 0 Å². The Labute approximate surface area is 169 Å². The molecule has 0 aliphatic carbocycles. The SMILES string of the molecule is C[C@@H](Oc1ccc(S(=O)(=O)N2CCCC2)cc1C(N)=O)C(=O)Nc1ccccc1. The van der Waals surface area contributed by atoms with Gasteiger partial charge in [-0.05, 0) is 50.1 Å². The number of benzene rings is 2. The number of hydrogen-bond donors (Lipinski definition) is 2. The third-order valence-electron chi connectivity index (χ3n) is 4.63. The van der Waals surface area contributed by atoms with Gasteiger partial charge in [0.15, 0.2) is 6.10 Å². The molecule has 1 heterocycles. The molecular formula is C20H23N3O5S. The third kappa shape index (κ3) is 4.75. The Morgan fingerprint density at radius 3 is 2.38 bits per heavy atom. The summed E-state index contributed by atoms with van der Waals surface area (Å²) in [7, 11) is -3.71. The van der Waals surface area contributed by atoms with Crippen LogP contribution in [0.25, 0.3) is 0 Å². The molecule has 29 heavy (non-hydrogen) atoms. The Balaban J connectivity index is 1.80. The van der Waals surface area contributed by atoms with Gasteiger partial charge >= 0.3 is 0 Å². The first-order valence-electron chi connectivity index (χ1n) is 9.25. The number of para-hydroxylation sites is 1. The van der Waals surface area contributed by atoms with Crippen LogP contribution in [0.4, 0.5) is 5.69 Å². The van der Waals surface area contributed by atoms with E-state index in [4.69, 9.17) is 10.5 Å². The molecule has 0 spiro atoms. The zero-order chi connectivity index (χ0) is 21.0. The maximum Gasteiger partial charge on any atom is 0.265 e. The first kappa shape index (κ1) is 20.8. The molecule has 3 N–H and O–H groups in total. The van der Waals surface area contributed by atoms with Crippen molar-refractivity contribution in [3.63, 3.8) is 0 Å². The summed E-state index contributed by atoms with van der Waals surface area (Å²) in [5, 5.41) is 2.70. The lowest BCUT2D eigenvalue weighted by Crippen LogP contribution is -2.31. The molecule has 154 valence electrons. The van der Waals surface area contributed by atoms with Crippen LogP contribution < -0.4 is 15.8 Å². The number of sulfonamides is 1. The number of nitrogens with two attached hydrogens (primary N) is 1. The number of carbonyl (C=O) groups is 2. The summed E-state index contributed by atoms with van der Waals surface area (Å²) in [6.45, 7) is 2.42. The Morgan fingerprint density at radius 1 is 1.10 bits per heavy atom. The molecule has 1 saturated heterocycles. The van der Waals surface area contributed by atoms with Gasteiger partial charge in [0.1, 0.15) is 5.75 Å². The number of anilines is 1. The quantitative estimate of drug-likeness (QED) is 0.714. The summed E-state index contributed by atoms with van der Waals surface area (Å²) in [6.07, 6.45) is 0.670. The number of nitrogens with one attached hydrogen (secondary N) is 1. The molecule has 9 heteroatoms. The number of nitrogens with zero attached hydrogens (tertiary/aromatic N) is 1. The van der Waals surface area contributed by atoms with Crippen molar-refractivity contribution < 1.29 is 22.7 Å². The second-order valence-corrected chi connectivity index (χ2v) is 8.69. The van der Waals surface area contributed by atoms with Gasteiger partial charge in [0.05, 0.1) is 10.5 Å². The van der Waals surface area contributed by atoms with Gasteiger partial charge in [-0.15, -0.1) is 0 Å². The van der Waals surface area contributed by atoms with Crippen LogP contribution in [0.15, 0.2) is 53.4 Å². The summed E-state index contributed by atoms with van der Waals surface area (Å²) in [5.74, 6) is -1.21. The summed E-state index contributed by atoms with van der Waals surface area (Å²) < 4.78 is 32.4. The normalized spacial score (nSPS) is 15.6. The van der Waals surface area contributed by atoms with E-state index in [0.29, 0.717) is 18.8 Å². The number of amides is 2. The Kier molecular flexibility index (Phi) is 6.19. The van der Waals surface area contributed by atoms with Crippen molar-refractivity contribution in [2.45, 2.75) is 30.8 Å². The fourth-order valence-corrected chi connectivity index (χ4v) is 4.60. The molecule has 2 aromatic carbocycles. The molecule has 0 aromatic heterocycles. The van der Waals surface area contributed by atoms with E-state index in [0.717, 1.165) is 12.8 Å². The topological polar surface area (TPSA) is 119 Å². The van der Waals surface area contributed by atoms with Gasteiger partial charge in [0.25, 0.3) is 11.8 Å². The van der Waals surface area contributed by atoms with E-state index in [-0.39, 0.29) is 16.2 Å². The minimum atomic E-state index is -3.71. The summed E-state index contributed by atoms with van der Waals surface area (Å²) >= 11 is 0. The van der Waals surface area contributed by atoms with Gasteiger partial charge in [-0.1, -0.05) is 18.2 Å². The lowest BCUT2D eigenvalue weighted by Gasteiger charge is -2.19. The van der Waals surface area contributed by atoms with Gasteiger partial charge in [0, 0.05) is 18.8 Å². The zero-order valence-corrected chi connectivity index (χ0v) is 16.8. The van der Waals surface area contributed by atoms with Crippen molar-refractivity contribution in [2.24, 2.45) is 5.73 Å². The summed E-state index contributed by atoms with van der Waals surface area (Å²) in [5.41, 5.74) is 5.94. The highest BCUT2D eigenvalue weighted by atomic mass is 32.2. The molecule has 0 saturated carbocycles. The van der Waals surface area contributed by atoms with Gasteiger partial charge in [-0.3, -0.25) is 9.59 Å². The van der Waals surface area contributed by atoms with Gasteiger partial charge in [-0.25, -0.2) is 8.42 Å². The molecule has 1 aliphatic heterocycles. The molecule has 3 rings (SSSR count). The number of rotatable bonds is 7. The second kappa shape index (κ2) is 8.62. The molecule has 1 fully saturated rings. The van der Waals surface area contributed by atoms with E-state index in [9.17, 15) is 18.0 Å². The van der Waals surface area contributed by atoms with E-state index in [1.807, 2.05) is 6.07 Å². The highest BCUT2D eigenvalue weighted by Crippen LogP contribution is 2.27. The standard InChI is InChI=1S/C20H23N3O5S/c1-14(20(25)22-15-7-3-2-4-8-15)28-18-10-9-16(13-17(18)19(21)24)29(26,27)23-11-5-6-12-23/h2-4,7-10,13-14H,5-6,11-12H2,1H3,(H2,21,24)(H,22,25)/t14-/m1/s1.